The molecular weight excluding hydrogens is 444 g/mol. The van der Waals surface area contributed by atoms with Crippen LogP contribution in [0.5, 0.6) is 11.5 Å². The van der Waals surface area contributed by atoms with Gasteiger partial charge in [0.1, 0.15) is 23.4 Å². The van der Waals surface area contributed by atoms with Crippen LogP contribution in [0.4, 0.5) is 0 Å². The summed E-state index contributed by atoms with van der Waals surface area (Å²) in [7, 11) is 1.61. The Kier molecular flexibility index (Phi) is 5.76. The summed E-state index contributed by atoms with van der Waals surface area (Å²) in [5.74, 6) is 2.76. The van der Waals surface area contributed by atoms with Crippen LogP contribution in [-0.4, -0.2) is 30.6 Å². The number of methoxy groups -OCH3 is 1. The molecule has 3 aliphatic rings. The number of rotatable bonds is 5. The zero-order valence-corrected chi connectivity index (χ0v) is 20.5. The van der Waals surface area contributed by atoms with Crippen LogP contribution in [0, 0.1) is 22.7 Å². The molecule has 1 aliphatic heterocycles. The van der Waals surface area contributed by atoms with Crippen molar-refractivity contribution in [3.05, 3.63) is 23.3 Å². The van der Waals surface area contributed by atoms with Crippen molar-refractivity contribution >= 4 is 22.2 Å². The molecule has 2 saturated carbocycles. The van der Waals surface area contributed by atoms with E-state index in [0.717, 1.165) is 36.2 Å². The fourth-order valence-electron chi connectivity index (χ4n) is 6.83. The normalized spacial score (nSPS) is 36.7. The van der Waals surface area contributed by atoms with E-state index in [1.54, 1.807) is 7.11 Å². The zero-order chi connectivity index (χ0) is 21.7. The Hall–Kier alpha value is -1.07. The topological polar surface area (TPSA) is 44.8 Å². The zero-order valence-electron chi connectivity index (χ0n) is 18.9. The van der Waals surface area contributed by atoms with Crippen LogP contribution in [0.1, 0.15) is 64.5 Å². The molecule has 2 aliphatic carbocycles. The van der Waals surface area contributed by atoms with Gasteiger partial charge in [0.2, 0.25) is 0 Å². The SMILES string of the molecule is COCOc1cc2c(cc1CC=O)O[C@]1(C)CC[C@H]3C(C)(C)[C@@H](Br)CC[C@]3(C2)[C@@H]1C. The summed E-state index contributed by atoms with van der Waals surface area (Å²) in [5.41, 5.74) is 2.33. The number of hydrogen-bond acceptors (Lipinski definition) is 4. The molecule has 166 valence electrons. The van der Waals surface area contributed by atoms with E-state index in [1.807, 2.05) is 6.07 Å². The lowest BCUT2D eigenvalue weighted by molar-refractivity contribution is -0.147. The van der Waals surface area contributed by atoms with E-state index in [9.17, 15) is 4.79 Å². The molecule has 0 unspecified atom stereocenters. The molecule has 1 aromatic carbocycles. The third kappa shape index (κ3) is 3.31. The van der Waals surface area contributed by atoms with Gasteiger partial charge in [0.25, 0.3) is 0 Å². The van der Waals surface area contributed by atoms with Crippen molar-refractivity contribution in [3.8, 4) is 11.5 Å². The van der Waals surface area contributed by atoms with Gasteiger partial charge in [-0.15, -0.1) is 0 Å². The second-order valence-electron chi connectivity index (χ2n) is 10.5. The Labute approximate surface area is 189 Å². The van der Waals surface area contributed by atoms with Crippen LogP contribution >= 0.6 is 15.9 Å². The highest BCUT2D eigenvalue weighted by molar-refractivity contribution is 9.09. The highest BCUT2D eigenvalue weighted by atomic mass is 79.9. The molecule has 1 aromatic rings. The molecule has 5 atom stereocenters. The Morgan fingerprint density at radius 3 is 2.70 bits per heavy atom. The fourth-order valence-corrected chi connectivity index (χ4v) is 7.38. The average molecular weight is 479 g/mol. The molecule has 1 heterocycles. The predicted molar refractivity (Wildman–Crippen MR) is 122 cm³/mol. The summed E-state index contributed by atoms with van der Waals surface area (Å²) < 4.78 is 17.8. The minimum absolute atomic E-state index is 0.172. The average Bonchev–Trinajstić information content (AvgIpc) is 2.74. The van der Waals surface area contributed by atoms with Crippen molar-refractivity contribution in [2.45, 2.75) is 76.6 Å². The van der Waals surface area contributed by atoms with Gasteiger partial charge in [0, 0.05) is 29.8 Å². The molecule has 0 radical (unpaired) electrons. The van der Waals surface area contributed by atoms with E-state index in [-0.39, 0.29) is 23.2 Å². The summed E-state index contributed by atoms with van der Waals surface area (Å²) in [6.45, 7) is 9.77. The van der Waals surface area contributed by atoms with E-state index < -0.39 is 0 Å². The van der Waals surface area contributed by atoms with Crippen molar-refractivity contribution in [2.75, 3.05) is 13.9 Å². The first-order valence-electron chi connectivity index (χ1n) is 11.2. The maximum Gasteiger partial charge on any atom is 0.188 e. The second kappa shape index (κ2) is 7.81. The lowest BCUT2D eigenvalue weighted by Crippen LogP contribution is -2.61. The number of ether oxygens (including phenoxy) is 3. The Balaban J connectivity index is 1.84. The van der Waals surface area contributed by atoms with Gasteiger partial charge in [-0.1, -0.05) is 36.7 Å². The minimum Gasteiger partial charge on any atom is -0.487 e. The quantitative estimate of drug-likeness (QED) is 0.308. The maximum absolute atomic E-state index is 11.3. The molecule has 4 nitrogen and oxygen atoms in total. The molecule has 30 heavy (non-hydrogen) atoms. The Morgan fingerprint density at radius 1 is 1.23 bits per heavy atom. The summed E-state index contributed by atoms with van der Waals surface area (Å²) in [6.07, 6.45) is 6.89. The van der Waals surface area contributed by atoms with Gasteiger partial charge in [0.05, 0.1) is 0 Å². The predicted octanol–water partition coefficient (Wildman–Crippen LogP) is 5.72. The first-order valence-corrected chi connectivity index (χ1v) is 12.1. The minimum atomic E-state index is -0.190. The molecule has 5 heteroatoms. The molecular formula is C25H35BrO4. The van der Waals surface area contributed by atoms with Crippen LogP contribution in [0.2, 0.25) is 0 Å². The van der Waals surface area contributed by atoms with E-state index in [4.69, 9.17) is 14.2 Å². The smallest absolute Gasteiger partial charge is 0.188 e. The van der Waals surface area contributed by atoms with Gasteiger partial charge in [-0.3, -0.25) is 0 Å². The van der Waals surface area contributed by atoms with Gasteiger partial charge in [-0.25, -0.2) is 0 Å². The highest BCUT2D eigenvalue weighted by Crippen LogP contribution is 2.66. The number of fused-ring (bicyclic) bond motifs is 2. The summed E-state index contributed by atoms with van der Waals surface area (Å²) in [4.78, 5) is 11.8. The molecule has 2 fully saturated rings. The highest BCUT2D eigenvalue weighted by Gasteiger charge is 2.62. The standard InChI is InChI=1S/C25H35BrO4/c1-16-24(4)9-6-21-23(2,3)22(26)7-10-25(16,21)14-18-13-19(29-15-28-5)17(8-11-27)12-20(18)30-24/h11-13,16,21-22H,6-10,14-15H2,1-5H3/t16-,21+,22+,24-,25+/m1/s1. The summed E-state index contributed by atoms with van der Waals surface area (Å²) >= 11 is 4.01. The van der Waals surface area contributed by atoms with E-state index in [1.165, 1.54) is 24.8 Å². The molecule has 2 bridgehead atoms. The molecule has 4 rings (SSSR count). The van der Waals surface area contributed by atoms with Gasteiger partial charge in [-0.2, -0.15) is 0 Å². The van der Waals surface area contributed by atoms with Crippen LogP contribution in [-0.2, 0) is 22.4 Å². The number of aldehydes is 1. The third-order valence-corrected chi connectivity index (χ3v) is 10.4. The lowest BCUT2D eigenvalue weighted by atomic mass is 9.44. The van der Waals surface area contributed by atoms with Crippen molar-refractivity contribution in [2.24, 2.45) is 22.7 Å². The van der Waals surface area contributed by atoms with Crippen molar-refractivity contribution in [1.82, 2.24) is 0 Å². The first-order chi connectivity index (χ1) is 14.2. The molecule has 0 saturated heterocycles. The Morgan fingerprint density at radius 2 is 2.00 bits per heavy atom. The third-order valence-electron chi connectivity index (χ3n) is 8.71. The van der Waals surface area contributed by atoms with Crippen LogP contribution < -0.4 is 9.47 Å². The number of alkyl halides is 1. The van der Waals surface area contributed by atoms with Crippen molar-refractivity contribution in [3.63, 3.8) is 0 Å². The van der Waals surface area contributed by atoms with Crippen LogP contribution in [0.3, 0.4) is 0 Å². The largest absolute Gasteiger partial charge is 0.487 e. The van der Waals surface area contributed by atoms with Crippen molar-refractivity contribution in [1.29, 1.82) is 0 Å². The van der Waals surface area contributed by atoms with Crippen LogP contribution in [0.25, 0.3) is 0 Å². The molecule has 0 N–H and O–H groups in total. The van der Waals surface area contributed by atoms with E-state index >= 15 is 0 Å². The first kappa shape index (κ1) is 22.1. The van der Waals surface area contributed by atoms with Crippen LogP contribution in [0.15, 0.2) is 12.1 Å². The monoisotopic (exact) mass is 478 g/mol. The number of halogens is 1. The fraction of sp³-hybridized carbons (Fsp3) is 0.720. The molecule has 0 aromatic heterocycles. The van der Waals surface area contributed by atoms with Gasteiger partial charge < -0.3 is 19.0 Å². The Bertz CT molecular complexity index is 822. The maximum atomic E-state index is 11.3. The van der Waals surface area contributed by atoms with Gasteiger partial charge in [0.15, 0.2) is 6.79 Å². The molecule has 1 spiro atoms. The van der Waals surface area contributed by atoms with Gasteiger partial charge >= 0.3 is 0 Å². The summed E-state index contributed by atoms with van der Waals surface area (Å²) in [5, 5.41) is 0. The van der Waals surface area contributed by atoms with E-state index in [2.05, 4.69) is 49.7 Å². The number of carbonyl (C=O) groups excluding carboxylic acids is 1. The number of carbonyl (C=O) groups is 1. The number of hydrogen-bond donors (Lipinski definition) is 0. The van der Waals surface area contributed by atoms with Crippen molar-refractivity contribution < 1.29 is 19.0 Å². The molecule has 0 amide bonds. The van der Waals surface area contributed by atoms with E-state index in [0.29, 0.717) is 23.1 Å². The number of benzene rings is 1. The van der Waals surface area contributed by atoms with Gasteiger partial charge in [-0.05, 0) is 73.5 Å². The lowest BCUT2D eigenvalue weighted by Gasteiger charge is -2.62. The summed E-state index contributed by atoms with van der Waals surface area (Å²) in [6, 6.07) is 4.16. The second-order valence-corrected chi connectivity index (χ2v) is 11.6.